The summed E-state index contributed by atoms with van der Waals surface area (Å²) >= 11 is 14.6. The Morgan fingerprint density at radius 1 is 0.600 bits per heavy atom. The van der Waals surface area contributed by atoms with E-state index in [2.05, 4.69) is 100 Å². The highest BCUT2D eigenvalue weighted by atomic mass is 79.9. The fraction of sp³-hybridized carbons (Fsp3) is 0.125. The third-order valence-electron chi connectivity index (χ3n) is 3.42. The van der Waals surface area contributed by atoms with Crippen molar-refractivity contribution in [1.82, 2.24) is 0 Å². The van der Waals surface area contributed by atoms with Gasteiger partial charge in [0.05, 0.1) is 0 Å². The zero-order valence-corrected chi connectivity index (χ0v) is 16.7. The molecule has 102 valence electrons. The molecule has 0 fully saturated rings. The summed E-state index contributed by atoms with van der Waals surface area (Å²) in [6.07, 6.45) is 0. The van der Waals surface area contributed by atoms with Gasteiger partial charge >= 0.3 is 0 Å². The van der Waals surface area contributed by atoms with Gasteiger partial charge in [-0.3, -0.25) is 0 Å². The van der Waals surface area contributed by atoms with E-state index in [1.165, 1.54) is 32.7 Å². The Morgan fingerprint density at radius 3 is 1.35 bits per heavy atom. The minimum atomic E-state index is 0.869. The van der Waals surface area contributed by atoms with Gasteiger partial charge in [0.15, 0.2) is 0 Å². The van der Waals surface area contributed by atoms with Crippen LogP contribution in [0.5, 0.6) is 0 Å². The van der Waals surface area contributed by atoms with E-state index in [0.29, 0.717) is 0 Å². The van der Waals surface area contributed by atoms with E-state index >= 15 is 0 Å². The zero-order chi connectivity index (χ0) is 14.3. The number of alkyl halides is 2. The third kappa shape index (κ3) is 2.49. The molecule has 0 heterocycles. The van der Waals surface area contributed by atoms with Crippen molar-refractivity contribution in [3.8, 4) is 0 Å². The van der Waals surface area contributed by atoms with E-state index in [-0.39, 0.29) is 0 Å². The second-order valence-electron chi connectivity index (χ2n) is 4.66. The summed E-state index contributed by atoms with van der Waals surface area (Å²) in [6, 6.07) is 13.2. The lowest BCUT2D eigenvalue weighted by Gasteiger charge is -2.12. The van der Waals surface area contributed by atoms with Gasteiger partial charge in [-0.05, 0) is 76.7 Å². The van der Waals surface area contributed by atoms with Gasteiger partial charge in [0.1, 0.15) is 0 Å². The van der Waals surface area contributed by atoms with Gasteiger partial charge in [0.25, 0.3) is 0 Å². The van der Waals surface area contributed by atoms with Crippen LogP contribution < -0.4 is 0 Å². The standard InChI is InChI=1S/C16H10Br4/c17-7-9-1-3-11-13(5-9)16(20)12-4-2-10(8-18)6-14(12)15(11)19/h1-6H,7-8H2. The lowest BCUT2D eigenvalue weighted by atomic mass is 10.0. The molecule has 3 rings (SSSR count). The first-order chi connectivity index (χ1) is 9.65. The first-order valence-electron chi connectivity index (χ1n) is 6.10. The maximum atomic E-state index is 3.78. The second-order valence-corrected chi connectivity index (χ2v) is 7.36. The molecule has 0 aromatic heterocycles. The van der Waals surface area contributed by atoms with Crippen LogP contribution in [0.25, 0.3) is 21.5 Å². The van der Waals surface area contributed by atoms with Gasteiger partial charge in [0, 0.05) is 19.6 Å². The molecule has 0 aliphatic rings. The van der Waals surface area contributed by atoms with Crippen molar-refractivity contribution >= 4 is 85.3 Å². The molecule has 0 saturated carbocycles. The number of halogens is 4. The van der Waals surface area contributed by atoms with Gasteiger partial charge in [-0.15, -0.1) is 0 Å². The van der Waals surface area contributed by atoms with Crippen LogP contribution >= 0.6 is 63.7 Å². The first kappa shape index (κ1) is 15.0. The number of fused-ring (bicyclic) bond motifs is 2. The average Bonchev–Trinajstić information content (AvgIpc) is 2.51. The van der Waals surface area contributed by atoms with Gasteiger partial charge < -0.3 is 0 Å². The molecule has 3 aromatic rings. The Morgan fingerprint density at radius 2 is 1.00 bits per heavy atom. The summed E-state index contributed by atoms with van der Waals surface area (Å²) in [5, 5.41) is 6.70. The lowest BCUT2D eigenvalue weighted by Crippen LogP contribution is -1.87. The fourth-order valence-corrected chi connectivity index (χ4v) is 4.43. The molecule has 0 unspecified atom stereocenters. The van der Waals surface area contributed by atoms with Crippen molar-refractivity contribution in [3.63, 3.8) is 0 Å². The Kier molecular flexibility index (Phi) is 4.56. The minimum absolute atomic E-state index is 0.869. The number of hydrogen-bond acceptors (Lipinski definition) is 0. The molecule has 0 N–H and O–H groups in total. The summed E-state index contributed by atoms with van der Waals surface area (Å²) in [6.45, 7) is 0. The van der Waals surface area contributed by atoms with Gasteiger partial charge in [-0.2, -0.15) is 0 Å². The molecule has 0 radical (unpaired) electrons. The molecule has 20 heavy (non-hydrogen) atoms. The van der Waals surface area contributed by atoms with E-state index in [4.69, 9.17) is 0 Å². The van der Waals surface area contributed by atoms with Crippen LogP contribution in [0, 0.1) is 0 Å². The van der Waals surface area contributed by atoms with Gasteiger partial charge in [-0.25, -0.2) is 0 Å². The number of benzene rings is 3. The molecule has 0 bridgehead atoms. The van der Waals surface area contributed by atoms with Crippen molar-refractivity contribution in [2.24, 2.45) is 0 Å². The highest BCUT2D eigenvalue weighted by Gasteiger charge is 2.11. The Labute approximate surface area is 151 Å². The minimum Gasteiger partial charge on any atom is -0.0876 e. The molecule has 0 nitrogen and oxygen atoms in total. The van der Waals surface area contributed by atoms with Crippen molar-refractivity contribution in [2.75, 3.05) is 0 Å². The molecular weight excluding hydrogens is 512 g/mol. The normalized spacial score (nSPS) is 11.4. The van der Waals surface area contributed by atoms with Crippen molar-refractivity contribution in [1.29, 1.82) is 0 Å². The van der Waals surface area contributed by atoms with Crippen molar-refractivity contribution < 1.29 is 0 Å². The summed E-state index contributed by atoms with van der Waals surface area (Å²) in [7, 11) is 0. The van der Waals surface area contributed by atoms with Crippen LogP contribution in [0.15, 0.2) is 45.3 Å². The van der Waals surface area contributed by atoms with E-state index in [9.17, 15) is 0 Å². The molecule has 0 amide bonds. The molecule has 4 heteroatoms. The summed E-state index contributed by atoms with van der Waals surface area (Å²) in [5.74, 6) is 0. The Bertz CT molecular complexity index is 739. The summed E-state index contributed by atoms with van der Waals surface area (Å²) in [5.41, 5.74) is 2.56. The van der Waals surface area contributed by atoms with E-state index in [0.717, 1.165) is 19.6 Å². The monoisotopic (exact) mass is 518 g/mol. The van der Waals surface area contributed by atoms with Gasteiger partial charge in [-0.1, -0.05) is 56.1 Å². The molecular formula is C16H10Br4. The SMILES string of the molecule is BrCc1ccc2c(Br)c3cc(CBr)ccc3c(Br)c2c1. The van der Waals surface area contributed by atoms with Crippen molar-refractivity contribution in [3.05, 3.63) is 56.5 Å². The predicted molar refractivity (Wildman–Crippen MR) is 102 cm³/mol. The first-order valence-corrected chi connectivity index (χ1v) is 9.92. The fourth-order valence-electron chi connectivity index (χ4n) is 2.39. The predicted octanol–water partition coefficient (Wildman–Crippen LogP) is 7.31. The van der Waals surface area contributed by atoms with Crippen LogP contribution in [0.1, 0.15) is 11.1 Å². The highest BCUT2D eigenvalue weighted by Crippen LogP contribution is 2.40. The average molecular weight is 522 g/mol. The quantitative estimate of drug-likeness (QED) is 0.245. The van der Waals surface area contributed by atoms with E-state index in [1.807, 2.05) is 0 Å². The molecule has 0 aliphatic carbocycles. The Hall–Kier alpha value is 0.1000. The summed E-state index contributed by atoms with van der Waals surface area (Å²) in [4.78, 5) is 0. The van der Waals surface area contributed by atoms with Crippen LogP contribution in [0.2, 0.25) is 0 Å². The van der Waals surface area contributed by atoms with Crippen molar-refractivity contribution in [2.45, 2.75) is 10.7 Å². The summed E-state index contributed by atoms with van der Waals surface area (Å²) < 4.78 is 2.32. The third-order valence-corrected chi connectivity index (χ3v) is 6.43. The largest absolute Gasteiger partial charge is 0.0876 e. The van der Waals surface area contributed by atoms with E-state index in [1.54, 1.807) is 0 Å². The lowest BCUT2D eigenvalue weighted by molar-refractivity contribution is 1.45. The number of hydrogen-bond donors (Lipinski definition) is 0. The van der Waals surface area contributed by atoms with Crippen LogP contribution in [0.4, 0.5) is 0 Å². The highest BCUT2D eigenvalue weighted by molar-refractivity contribution is 9.11. The van der Waals surface area contributed by atoms with Gasteiger partial charge in [0.2, 0.25) is 0 Å². The van der Waals surface area contributed by atoms with E-state index < -0.39 is 0 Å². The van der Waals surface area contributed by atoms with Crippen LogP contribution in [0.3, 0.4) is 0 Å². The van der Waals surface area contributed by atoms with Crippen LogP contribution in [-0.4, -0.2) is 0 Å². The smallest absolute Gasteiger partial charge is 0.0333 e. The zero-order valence-electron chi connectivity index (χ0n) is 10.4. The number of rotatable bonds is 2. The molecule has 3 aromatic carbocycles. The van der Waals surface area contributed by atoms with Crippen LogP contribution in [-0.2, 0) is 10.7 Å². The second kappa shape index (κ2) is 6.07. The maximum Gasteiger partial charge on any atom is 0.0333 e. The maximum absolute atomic E-state index is 3.78. The molecule has 0 spiro atoms. The Balaban J connectivity index is 2.46. The molecule has 0 saturated heterocycles. The molecule has 0 atom stereocenters. The topological polar surface area (TPSA) is 0 Å². The molecule has 0 aliphatic heterocycles.